The molecule has 2 atom stereocenters. The average molecular weight is 199 g/mol. The fraction of sp³-hybridized carbons (Fsp3) is 1.00. The molecule has 0 radical (unpaired) electrons. The normalized spacial score (nSPS) is 17.8. The van der Waals surface area contributed by atoms with Gasteiger partial charge in [-0.05, 0) is 30.7 Å². The molecule has 0 amide bonds. The molecule has 0 rings (SSSR count). The first-order valence-electron chi connectivity index (χ1n) is 6.31. The second kappa shape index (κ2) is 7.28. The zero-order chi connectivity index (χ0) is 11.0. The molecule has 0 saturated heterocycles. The van der Waals surface area contributed by atoms with Crippen molar-refractivity contribution >= 4 is 0 Å². The molecular formula is C13H29N. The summed E-state index contributed by atoms with van der Waals surface area (Å²) in [6, 6.07) is 0. The molecule has 0 spiro atoms. The van der Waals surface area contributed by atoms with E-state index in [1.807, 2.05) is 0 Å². The van der Waals surface area contributed by atoms with E-state index in [1.54, 1.807) is 0 Å². The summed E-state index contributed by atoms with van der Waals surface area (Å²) in [4.78, 5) is 0. The van der Waals surface area contributed by atoms with Crippen LogP contribution in [-0.2, 0) is 0 Å². The quantitative estimate of drug-likeness (QED) is 0.629. The van der Waals surface area contributed by atoms with Gasteiger partial charge in [0.2, 0.25) is 0 Å². The Balaban J connectivity index is 4.00. The highest BCUT2D eigenvalue weighted by molar-refractivity contribution is 4.77. The van der Waals surface area contributed by atoms with E-state index in [0.717, 1.165) is 12.5 Å². The summed E-state index contributed by atoms with van der Waals surface area (Å²) in [5.74, 6) is 0.892. The molecule has 14 heavy (non-hydrogen) atoms. The lowest BCUT2D eigenvalue weighted by Gasteiger charge is -2.31. The Morgan fingerprint density at radius 2 is 1.86 bits per heavy atom. The summed E-state index contributed by atoms with van der Waals surface area (Å²) in [5, 5.41) is 0. The molecular weight excluding hydrogens is 170 g/mol. The first-order chi connectivity index (χ1) is 6.61. The lowest BCUT2D eigenvalue weighted by atomic mass is 9.76. The van der Waals surface area contributed by atoms with Crippen molar-refractivity contribution in [3.8, 4) is 0 Å². The molecule has 0 saturated carbocycles. The van der Waals surface area contributed by atoms with Crippen LogP contribution in [0.1, 0.15) is 66.2 Å². The van der Waals surface area contributed by atoms with Crippen LogP contribution in [0.15, 0.2) is 0 Å². The molecule has 0 aromatic heterocycles. The highest BCUT2D eigenvalue weighted by Crippen LogP contribution is 2.32. The Labute approximate surface area is 90.5 Å². The van der Waals surface area contributed by atoms with Gasteiger partial charge in [-0.15, -0.1) is 0 Å². The van der Waals surface area contributed by atoms with Crippen LogP contribution >= 0.6 is 0 Å². The molecule has 2 unspecified atom stereocenters. The fourth-order valence-corrected chi connectivity index (χ4v) is 2.01. The molecule has 0 fully saturated rings. The zero-order valence-electron chi connectivity index (χ0n) is 10.6. The molecule has 86 valence electrons. The fourth-order valence-electron chi connectivity index (χ4n) is 2.01. The van der Waals surface area contributed by atoms with Gasteiger partial charge in [0.15, 0.2) is 0 Å². The molecule has 0 aliphatic heterocycles. The summed E-state index contributed by atoms with van der Waals surface area (Å²) >= 11 is 0. The molecule has 0 heterocycles. The second-order valence-electron chi connectivity index (χ2n) is 4.99. The first kappa shape index (κ1) is 14.0. The van der Waals surface area contributed by atoms with E-state index in [4.69, 9.17) is 5.73 Å². The topological polar surface area (TPSA) is 26.0 Å². The predicted molar refractivity (Wildman–Crippen MR) is 65.4 cm³/mol. The lowest BCUT2D eigenvalue weighted by molar-refractivity contribution is 0.224. The minimum Gasteiger partial charge on any atom is -0.330 e. The van der Waals surface area contributed by atoms with E-state index in [9.17, 15) is 0 Å². The maximum atomic E-state index is 5.85. The van der Waals surface area contributed by atoms with Crippen molar-refractivity contribution in [1.29, 1.82) is 0 Å². The summed E-state index contributed by atoms with van der Waals surface area (Å²) in [5.41, 5.74) is 6.23. The molecule has 0 aliphatic carbocycles. The van der Waals surface area contributed by atoms with Gasteiger partial charge >= 0.3 is 0 Å². The van der Waals surface area contributed by atoms with Gasteiger partial charge in [-0.3, -0.25) is 0 Å². The van der Waals surface area contributed by atoms with Crippen molar-refractivity contribution in [3.63, 3.8) is 0 Å². The van der Waals surface area contributed by atoms with Gasteiger partial charge in [-0.2, -0.15) is 0 Å². The van der Waals surface area contributed by atoms with E-state index < -0.39 is 0 Å². The van der Waals surface area contributed by atoms with Crippen LogP contribution in [0.5, 0.6) is 0 Å². The van der Waals surface area contributed by atoms with Gasteiger partial charge < -0.3 is 5.73 Å². The molecule has 1 nitrogen and oxygen atoms in total. The Hall–Kier alpha value is -0.0400. The van der Waals surface area contributed by atoms with Crippen molar-refractivity contribution in [2.45, 2.75) is 66.2 Å². The maximum absolute atomic E-state index is 5.85. The second-order valence-corrected chi connectivity index (χ2v) is 4.99. The summed E-state index contributed by atoms with van der Waals surface area (Å²) in [6.45, 7) is 10.0. The minimum atomic E-state index is 0.383. The number of hydrogen-bond donors (Lipinski definition) is 1. The molecule has 2 N–H and O–H groups in total. The van der Waals surface area contributed by atoms with Crippen LogP contribution in [0.3, 0.4) is 0 Å². The van der Waals surface area contributed by atoms with Crippen LogP contribution in [0, 0.1) is 11.3 Å². The van der Waals surface area contributed by atoms with E-state index in [0.29, 0.717) is 5.41 Å². The van der Waals surface area contributed by atoms with Gasteiger partial charge in [0.25, 0.3) is 0 Å². The number of hydrogen-bond acceptors (Lipinski definition) is 1. The molecule has 0 aliphatic rings. The lowest BCUT2D eigenvalue weighted by Crippen LogP contribution is -2.29. The maximum Gasteiger partial charge on any atom is -0.00232 e. The third kappa shape index (κ3) is 4.99. The SMILES string of the molecule is CCCCC(CC)CC(C)(CC)CN. The largest absolute Gasteiger partial charge is 0.330 e. The van der Waals surface area contributed by atoms with Crippen molar-refractivity contribution in [2.24, 2.45) is 17.1 Å². The van der Waals surface area contributed by atoms with Gasteiger partial charge in [0, 0.05) is 0 Å². The molecule has 1 heteroatoms. The van der Waals surface area contributed by atoms with Crippen molar-refractivity contribution in [1.82, 2.24) is 0 Å². The van der Waals surface area contributed by atoms with E-state index in [2.05, 4.69) is 27.7 Å². The molecule has 0 bridgehead atoms. The van der Waals surface area contributed by atoms with Crippen molar-refractivity contribution in [2.75, 3.05) is 6.54 Å². The summed E-state index contributed by atoms with van der Waals surface area (Å²) in [7, 11) is 0. The monoisotopic (exact) mass is 199 g/mol. The van der Waals surface area contributed by atoms with E-state index >= 15 is 0 Å². The Morgan fingerprint density at radius 1 is 1.21 bits per heavy atom. The van der Waals surface area contributed by atoms with Gasteiger partial charge in [-0.1, -0.05) is 53.4 Å². The van der Waals surface area contributed by atoms with Crippen LogP contribution in [0.25, 0.3) is 0 Å². The van der Waals surface area contributed by atoms with Gasteiger partial charge in [-0.25, -0.2) is 0 Å². The van der Waals surface area contributed by atoms with E-state index in [1.165, 1.54) is 38.5 Å². The summed E-state index contributed by atoms with van der Waals surface area (Å²) < 4.78 is 0. The van der Waals surface area contributed by atoms with Gasteiger partial charge in [0.05, 0.1) is 0 Å². The predicted octanol–water partition coefficient (Wildman–Crippen LogP) is 3.97. The zero-order valence-corrected chi connectivity index (χ0v) is 10.6. The van der Waals surface area contributed by atoms with Crippen LogP contribution in [0.2, 0.25) is 0 Å². The number of rotatable bonds is 8. The van der Waals surface area contributed by atoms with Crippen LogP contribution < -0.4 is 5.73 Å². The van der Waals surface area contributed by atoms with E-state index in [-0.39, 0.29) is 0 Å². The highest BCUT2D eigenvalue weighted by Gasteiger charge is 2.23. The van der Waals surface area contributed by atoms with Crippen LogP contribution in [0.4, 0.5) is 0 Å². The van der Waals surface area contributed by atoms with Crippen LogP contribution in [-0.4, -0.2) is 6.54 Å². The Kier molecular flexibility index (Phi) is 7.26. The molecule has 0 aromatic rings. The minimum absolute atomic E-state index is 0.383. The number of nitrogens with two attached hydrogens (primary N) is 1. The van der Waals surface area contributed by atoms with Crippen molar-refractivity contribution < 1.29 is 0 Å². The Morgan fingerprint density at radius 3 is 2.21 bits per heavy atom. The summed E-state index contributed by atoms with van der Waals surface area (Å²) in [6.07, 6.45) is 7.94. The Bertz CT molecular complexity index is 127. The number of unbranched alkanes of at least 4 members (excludes halogenated alkanes) is 1. The highest BCUT2D eigenvalue weighted by atomic mass is 14.6. The first-order valence-corrected chi connectivity index (χ1v) is 6.31. The van der Waals surface area contributed by atoms with Crippen molar-refractivity contribution in [3.05, 3.63) is 0 Å². The van der Waals surface area contributed by atoms with Gasteiger partial charge in [0.1, 0.15) is 0 Å². The third-order valence-corrected chi connectivity index (χ3v) is 3.67. The third-order valence-electron chi connectivity index (χ3n) is 3.67. The average Bonchev–Trinajstić information content (AvgIpc) is 2.23. The standard InChI is InChI=1S/C13H29N/c1-5-8-9-12(6-2)10-13(4,7-3)11-14/h12H,5-11,14H2,1-4H3. The smallest absolute Gasteiger partial charge is 0.00232 e. The molecule has 0 aromatic carbocycles.